The quantitative estimate of drug-likeness (QED) is 0.753. The fraction of sp³-hybridized carbons (Fsp3) is 0.300. The number of rotatable bonds is 2. The third kappa shape index (κ3) is 2.88. The Bertz CT molecular complexity index is 402. The summed E-state index contributed by atoms with van der Waals surface area (Å²) in [4.78, 5) is 11.3. The Balaban J connectivity index is 3.24. The van der Waals surface area contributed by atoms with E-state index in [-0.39, 0.29) is 11.6 Å². The Morgan fingerprint density at radius 1 is 1.44 bits per heavy atom. The number of benzene rings is 1. The molecule has 2 nitrogen and oxygen atoms in total. The van der Waals surface area contributed by atoms with Gasteiger partial charge in [-0.3, -0.25) is 0 Å². The summed E-state index contributed by atoms with van der Waals surface area (Å²) in [6.07, 6.45) is -4.60. The minimum Gasteiger partial charge on any atom is -0.462 e. The van der Waals surface area contributed by atoms with Crippen LogP contribution in [0.15, 0.2) is 18.2 Å². The van der Waals surface area contributed by atoms with Crippen molar-refractivity contribution < 1.29 is 22.7 Å². The second-order valence-corrected chi connectivity index (χ2v) is 3.34. The van der Waals surface area contributed by atoms with Gasteiger partial charge in [0.15, 0.2) is 0 Å². The molecule has 0 N–H and O–H groups in total. The summed E-state index contributed by atoms with van der Waals surface area (Å²) in [6.45, 7) is 1.51. The monoisotopic (exact) mass is 252 g/mol. The Labute approximate surface area is 95.0 Å². The van der Waals surface area contributed by atoms with Crippen molar-refractivity contribution in [1.82, 2.24) is 0 Å². The van der Waals surface area contributed by atoms with Crippen LogP contribution >= 0.6 is 11.6 Å². The maximum absolute atomic E-state index is 12.5. The van der Waals surface area contributed by atoms with Crippen LogP contribution in [0.3, 0.4) is 0 Å². The highest BCUT2D eigenvalue weighted by Crippen LogP contribution is 2.33. The van der Waals surface area contributed by atoms with Crippen LogP contribution in [0.1, 0.15) is 22.8 Å². The van der Waals surface area contributed by atoms with Gasteiger partial charge >= 0.3 is 12.1 Å². The molecular formula is C10H8ClF3O2. The third-order valence-corrected chi connectivity index (χ3v) is 2.02. The first-order valence-electron chi connectivity index (χ1n) is 4.40. The highest BCUT2D eigenvalue weighted by molar-refractivity contribution is 6.31. The Morgan fingerprint density at radius 2 is 2.06 bits per heavy atom. The van der Waals surface area contributed by atoms with Crippen molar-refractivity contribution in [1.29, 1.82) is 0 Å². The second kappa shape index (κ2) is 4.74. The summed E-state index contributed by atoms with van der Waals surface area (Å²) in [6, 6.07) is 2.78. The largest absolute Gasteiger partial charge is 0.462 e. The molecular weight excluding hydrogens is 245 g/mol. The van der Waals surface area contributed by atoms with Crippen molar-refractivity contribution in [3.63, 3.8) is 0 Å². The van der Waals surface area contributed by atoms with Crippen LogP contribution in [0.4, 0.5) is 13.2 Å². The Morgan fingerprint density at radius 3 is 2.56 bits per heavy atom. The molecule has 0 saturated carbocycles. The molecule has 16 heavy (non-hydrogen) atoms. The summed E-state index contributed by atoms with van der Waals surface area (Å²) in [5, 5.41) is 0.0519. The van der Waals surface area contributed by atoms with Crippen LogP contribution in [-0.4, -0.2) is 12.6 Å². The molecule has 0 aliphatic heterocycles. The maximum atomic E-state index is 12.5. The lowest BCUT2D eigenvalue weighted by Gasteiger charge is -2.11. The lowest BCUT2D eigenvalue weighted by atomic mass is 10.1. The van der Waals surface area contributed by atoms with Gasteiger partial charge in [0, 0.05) is 5.02 Å². The van der Waals surface area contributed by atoms with E-state index in [2.05, 4.69) is 4.74 Å². The van der Waals surface area contributed by atoms with E-state index in [1.54, 1.807) is 0 Å². The zero-order valence-electron chi connectivity index (χ0n) is 8.27. The van der Waals surface area contributed by atoms with Crippen molar-refractivity contribution in [2.45, 2.75) is 13.1 Å². The lowest BCUT2D eigenvalue weighted by molar-refractivity contribution is -0.138. The van der Waals surface area contributed by atoms with Gasteiger partial charge in [-0.05, 0) is 25.1 Å². The first-order valence-corrected chi connectivity index (χ1v) is 4.78. The molecule has 0 aliphatic carbocycles. The fourth-order valence-corrected chi connectivity index (χ4v) is 1.31. The number of esters is 1. The van der Waals surface area contributed by atoms with Crippen LogP contribution < -0.4 is 0 Å². The SMILES string of the molecule is CCOC(=O)c1cc(Cl)ccc1C(F)(F)F. The van der Waals surface area contributed by atoms with E-state index in [1.165, 1.54) is 6.92 Å². The minimum absolute atomic E-state index is 0.00262. The van der Waals surface area contributed by atoms with Gasteiger partial charge in [0.25, 0.3) is 0 Å². The molecule has 1 aromatic carbocycles. The molecule has 0 unspecified atom stereocenters. The zero-order valence-corrected chi connectivity index (χ0v) is 9.02. The average Bonchev–Trinajstić information content (AvgIpc) is 2.16. The normalized spacial score (nSPS) is 11.3. The fourth-order valence-electron chi connectivity index (χ4n) is 1.14. The summed E-state index contributed by atoms with van der Waals surface area (Å²) in [5.74, 6) is -1.03. The van der Waals surface area contributed by atoms with E-state index in [0.717, 1.165) is 18.2 Å². The molecule has 0 radical (unpaired) electrons. The smallest absolute Gasteiger partial charge is 0.417 e. The van der Waals surface area contributed by atoms with E-state index in [1.807, 2.05) is 0 Å². The first kappa shape index (κ1) is 12.8. The topological polar surface area (TPSA) is 26.3 Å². The molecule has 6 heteroatoms. The standard InChI is InChI=1S/C10H8ClF3O2/c1-2-16-9(15)7-5-6(11)3-4-8(7)10(12,13)14/h3-5H,2H2,1H3. The average molecular weight is 253 g/mol. The Hall–Kier alpha value is -1.23. The van der Waals surface area contributed by atoms with Gasteiger partial charge in [-0.2, -0.15) is 13.2 Å². The molecule has 0 heterocycles. The van der Waals surface area contributed by atoms with E-state index >= 15 is 0 Å². The third-order valence-electron chi connectivity index (χ3n) is 1.78. The molecule has 0 aromatic heterocycles. The highest BCUT2D eigenvalue weighted by Gasteiger charge is 2.35. The van der Waals surface area contributed by atoms with Crippen LogP contribution in [-0.2, 0) is 10.9 Å². The van der Waals surface area contributed by atoms with Crippen molar-refractivity contribution in [2.24, 2.45) is 0 Å². The summed E-state index contributed by atoms with van der Waals surface area (Å²) in [7, 11) is 0. The first-order chi connectivity index (χ1) is 7.36. The molecule has 0 fully saturated rings. The summed E-state index contributed by atoms with van der Waals surface area (Å²) >= 11 is 5.54. The number of hydrogen-bond donors (Lipinski definition) is 0. The second-order valence-electron chi connectivity index (χ2n) is 2.91. The molecule has 0 atom stereocenters. The molecule has 0 saturated heterocycles. The van der Waals surface area contributed by atoms with Gasteiger partial charge in [0.2, 0.25) is 0 Å². The lowest BCUT2D eigenvalue weighted by Crippen LogP contribution is -2.15. The minimum atomic E-state index is -4.60. The maximum Gasteiger partial charge on any atom is 0.417 e. The predicted molar refractivity (Wildman–Crippen MR) is 52.4 cm³/mol. The number of carbonyl (C=O) groups excluding carboxylic acids is 1. The van der Waals surface area contributed by atoms with Gasteiger partial charge in [-0.1, -0.05) is 11.6 Å². The zero-order chi connectivity index (χ0) is 12.3. The number of ether oxygens (including phenoxy) is 1. The van der Waals surface area contributed by atoms with E-state index in [0.29, 0.717) is 0 Å². The van der Waals surface area contributed by atoms with Crippen molar-refractivity contribution in [3.05, 3.63) is 34.3 Å². The van der Waals surface area contributed by atoms with Crippen molar-refractivity contribution >= 4 is 17.6 Å². The van der Waals surface area contributed by atoms with Crippen molar-refractivity contribution in [2.75, 3.05) is 6.61 Å². The van der Waals surface area contributed by atoms with Gasteiger partial charge in [-0.25, -0.2) is 4.79 Å². The number of carbonyl (C=O) groups is 1. The van der Waals surface area contributed by atoms with Crippen LogP contribution in [0.2, 0.25) is 5.02 Å². The van der Waals surface area contributed by atoms with Gasteiger partial charge < -0.3 is 4.74 Å². The number of halogens is 4. The van der Waals surface area contributed by atoms with Gasteiger partial charge in [0.1, 0.15) is 0 Å². The number of hydrogen-bond acceptors (Lipinski definition) is 2. The van der Waals surface area contributed by atoms with Crippen LogP contribution in [0, 0.1) is 0 Å². The molecule has 0 amide bonds. The summed E-state index contributed by atoms with van der Waals surface area (Å²) < 4.78 is 42.1. The van der Waals surface area contributed by atoms with E-state index < -0.39 is 23.3 Å². The molecule has 0 spiro atoms. The molecule has 0 bridgehead atoms. The molecule has 88 valence electrons. The van der Waals surface area contributed by atoms with E-state index in [9.17, 15) is 18.0 Å². The molecule has 1 aromatic rings. The van der Waals surface area contributed by atoms with Crippen molar-refractivity contribution in [3.8, 4) is 0 Å². The highest BCUT2D eigenvalue weighted by atomic mass is 35.5. The van der Waals surface area contributed by atoms with Gasteiger partial charge in [0.05, 0.1) is 17.7 Å². The van der Waals surface area contributed by atoms with Gasteiger partial charge in [-0.15, -0.1) is 0 Å². The summed E-state index contributed by atoms with van der Waals surface area (Å²) in [5.41, 5.74) is -1.61. The van der Waals surface area contributed by atoms with E-state index in [4.69, 9.17) is 11.6 Å². The molecule has 1 rings (SSSR count). The Kier molecular flexibility index (Phi) is 3.80. The predicted octanol–water partition coefficient (Wildman–Crippen LogP) is 3.54. The van der Waals surface area contributed by atoms with Crippen LogP contribution in [0.5, 0.6) is 0 Å². The number of alkyl halides is 3. The molecule has 0 aliphatic rings. The van der Waals surface area contributed by atoms with Crippen LogP contribution in [0.25, 0.3) is 0 Å².